The normalized spacial score (nSPS) is 11.5. The Morgan fingerprint density at radius 2 is 1.78 bits per heavy atom. The summed E-state index contributed by atoms with van der Waals surface area (Å²) in [6.45, 7) is 3.11. The highest BCUT2D eigenvalue weighted by Crippen LogP contribution is 2.41. The fraction of sp³-hybridized carbons (Fsp3) is 0.538. The van der Waals surface area contributed by atoms with Gasteiger partial charge in [-0.2, -0.15) is 8.78 Å². The van der Waals surface area contributed by atoms with E-state index in [0.717, 1.165) is 5.56 Å². The second-order valence-corrected chi connectivity index (χ2v) is 4.14. The molecule has 0 heterocycles. The molecule has 3 nitrogen and oxygen atoms in total. The second kappa shape index (κ2) is 5.52. The van der Waals surface area contributed by atoms with E-state index in [1.807, 2.05) is 6.92 Å². The first-order chi connectivity index (χ1) is 8.38. The average Bonchev–Trinajstić information content (AvgIpc) is 2.32. The summed E-state index contributed by atoms with van der Waals surface area (Å²) in [5.41, 5.74) is 1.32. The molecule has 0 radical (unpaired) electrons. The largest absolute Gasteiger partial charge is 0.496 e. The maximum atomic E-state index is 14.0. The molecule has 5 heteroatoms. The van der Waals surface area contributed by atoms with E-state index >= 15 is 0 Å². The third kappa shape index (κ3) is 2.56. The highest BCUT2D eigenvalue weighted by molar-refractivity contribution is 5.54. The Bertz CT molecular complexity index is 433. The van der Waals surface area contributed by atoms with Crippen molar-refractivity contribution in [3.63, 3.8) is 0 Å². The lowest BCUT2D eigenvalue weighted by molar-refractivity contribution is -0.00371. The van der Waals surface area contributed by atoms with Gasteiger partial charge in [0, 0.05) is 0 Å². The van der Waals surface area contributed by atoms with Gasteiger partial charge in [-0.15, -0.1) is 0 Å². The van der Waals surface area contributed by atoms with E-state index in [4.69, 9.17) is 9.47 Å². The molecule has 18 heavy (non-hydrogen) atoms. The molecular weight excluding hydrogens is 240 g/mol. The van der Waals surface area contributed by atoms with Crippen LogP contribution in [0.3, 0.4) is 0 Å². The van der Waals surface area contributed by atoms with Crippen molar-refractivity contribution in [3.05, 3.63) is 22.8 Å². The summed E-state index contributed by atoms with van der Waals surface area (Å²) in [4.78, 5) is 0. The Morgan fingerprint density at radius 1 is 1.17 bits per heavy atom. The van der Waals surface area contributed by atoms with E-state index in [2.05, 4.69) is 5.32 Å². The van der Waals surface area contributed by atoms with Gasteiger partial charge in [0.05, 0.1) is 26.3 Å². The van der Waals surface area contributed by atoms with Gasteiger partial charge >= 0.3 is 0 Å². The molecule has 0 aliphatic carbocycles. The van der Waals surface area contributed by atoms with E-state index in [9.17, 15) is 8.78 Å². The van der Waals surface area contributed by atoms with Gasteiger partial charge in [-0.05, 0) is 38.1 Å². The minimum absolute atomic E-state index is 0.153. The summed E-state index contributed by atoms with van der Waals surface area (Å²) in [6.07, 6.45) is 0. The zero-order valence-corrected chi connectivity index (χ0v) is 11.4. The fourth-order valence-electron chi connectivity index (χ4n) is 1.93. The van der Waals surface area contributed by atoms with Gasteiger partial charge in [-0.25, -0.2) is 0 Å². The molecule has 0 aromatic heterocycles. The summed E-state index contributed by atoms with van der Waals surface area (Å²) in [7, 11) is 4.35. The van der Waals surface area contributed by atoms with Crippen molar-refractivity contribution in [1.82, 2.24) is 5.32 Å². The number of likely N-dealkylation sites (N-methyl/N-ethyl adjacent to an activating group) is 1. The van der Waals surface area contributed by atoms with Crippen LogP contribution in [-0.4, -0.2) is 27.8 Å². The average molecular weight is 259 g/mol. The van der Waals surface area contributed by atoms with E-state index in [1.54, 1.807) is 6.92 Å². The van der Waals surface area contributed by atoms with Crippen LogP contribution >= 0.6 is 0 Å². The van der Waals surface area contributed by atoms with Crippen LogP contribution in [0.2, 0.25) is 0 Å². The van der Waals surface area contributed by atoms with Crippen molar-refractivity contribution in [2.24, 2.45) is 0 Å². The zero-order valence-electron chi connectivity index (χ0n) is 11.4. The molecule has 0 amide bonds. The van der Waals surface area contributed by atoms with E-state index in [-0.39, 0.29) is 11.3 Å². The third-order valence-corrected chi connectivity index (χ3v) is 3.01. The topological polar surface area (TPSA) is 30.5 Å². The molecule has 1 aromatic rings. The maximum Gasteiger partial charge on any atom is 0.289 e. The molecule has 1 rings (SSSR count). The van der Waals surface area contributed by atoms with Crippen LogP contribution in [0, 0.1) is 13.8 Å². The lowest BCUT2D eigenvalue weighted by Gasteiger charge is -2.22. The lowest BCUT2D eigenvalue weighted by Crippen LogP contribution is -2.29. The zero-order chi connectivity index (χ0) is 13.9. The van der Waals surface area contributed by atoms with Crippen LogP contribution in [0.5, 0.6) is 11.5 Å². The number of hydrogen-bond donors (Lipinski definition) is 1. The standard InChI is InChI=1S/C13H19F2NO2/c1-8-9(2)12(18-5)10(6-11(8)17-4)13(14,15)7-16-3/h6,16H,7H2,1-5H3. The third-order valence-electron chi connectivity index (χ3n) is 3.01. The minimum Gasteiger partial charge on any atom is -0.496 e. The molecule has 102 valence electrons. The minimum atomic E-state index is -3.01. The number of benzene rings is 1. The maximum absolute atomic E-state index is 14.0. The van der Waals surface area contributed by atoms with Gasteiger partial charge in [-0.1, -0.05) is 0 Å². The highest BCUT2D eigenvalue weighted by atomic mass is 19.3. The number of methoxy groups -OCH3 is 2. The predicted molar refractivity (Wildman–Crippen MR) is 66.8 cm³/mol. The van der Waals surface area contributed by atoms with Gasteiger partial charge in [0.15, 0.2) is 0 Å². The summed E-state index contributed by atoms with van der Waals surface area (Å²) in [6, 6.07) is 1.35. The highest BCUT2D eigenvalue weighted by Gasteiger charge is 2.36. The van der Waals surface area contributed by atoms with Crippen molar-refractivity contribution < 1.29 is 18.3 Å². The Labute approximate surface area is 106 Å². The van der Waals surface area contributed by atoms with E-state index in [1.165, 1.54) is 27.3 Å². The number of halogens is 2. The Balaban J connectivity index is 3.47. The Kier molecular flexibility index (Phi) is 4.51. The van der Waals surface area contributed by atoms with Crippen molar-refractivity contribution >= 4 is 0 Å². The number of alkyl halides is 2. The predicted octanol–water partition coefficient (Wildman–Crippen LogP) is 2.63. The first kappa shape index (κ1) is 14.7. The van der Waals surface area contributed by atoms with Crippen LogP contribution < -0.4 is 14.8 Å². The molecule has 0 saturated heterocycles. The smallest absolute Gasteiger partial charge is 0.289 e. The lowest BCUT2D eigenvalue weighted by atomic mass is 9.98. The number of rotatable bonds is 5. The van der Waals surface area contributed by atoms with Gasteiger partial charge < -0.3 is 14.8 Å². The van der Waals surface area contributed by atoms with Crippen molar-refractivity contribution in [3.8, 4) is 11.5 Å². The summed E-state index contributed by atoms with van der Waals surface area (Å²) >= 11 is 0. The molecule has 0 fully saturated rings. The van der Waals surface area contributed by atoms with Gasteiger partial charge in [-0.3, -0.25) is 0 Å². The van der Waals surface area contributed by atoms with Crippen molar-refractivity contribution in [2.45, 2.75) is 19.8 Å². The first-order valence-corrected chi connectivity index (χ1v) is 5.64. The van der Waals surface area contributed by atoms with E-state index < -0.39 is 12.5 Å². The number of nitrogens with one attached hydrogen (secondary N) is 1. The molecule has 0 atom stereocenters. The van der Waals surface area contributed by atoms with Crippen LogP contribution in [-0.2, 0) is 5.92 Å². The van der Waals surface area contributed by atoms with E-state index in [0.29, 0.717) is 11.3 Å². The number of hydrogen-bond acceptors (Lipinski definition) is 3. The molecule has 0 aliphatic rings. The SMILES string of the molecule is CNCC(F)(F)c1cc(OC)c(C)c(C)c1OC. The molecule has 0 aliphatic heterocycles. The van der Waals surface area contributed by atoms with Gasteiger partial charge in [0.25, 0.3) is 5.92 Å². The molecule has 0 unspecified atom stereocenters. The second-order valence-electron chi connectivity index (χ2n) is 4.14. The van der Waals surface area contributed by atoms with Gasteiger partial charge in [0.2, 0.25) is 0 Å². The Morgan fingerprint density at radius 3 is 2.22 bits per heavy atom. The monoisotopic (exact) mass is 259 g/mol. The fourth-order valence-corrected chi connectivity index (χ4v) is 1.93. The van der Waals surface area contributed by atoms with Crippen LogP contribution in [0.4, 0.5) is 8.78 Å². The first-order valence-electron chi connectivity index (χ1n) is 5.64. The van der Waals surface area contributed by atoms with Crippen molar-refractivity contribution in [2.75, 3.05) is 27.8 Å². The van der Waals surface area contributed by atoms with Crippen LogP contribution in [0.25, 0.3) is 0 Å². The van der Waals surface area contributed by atoms with Gasteiger partial charge in [0.1, 0.15) is 11.5 Å². The quantitative estimate of drug-likeness (QED) is 0.881. The molecule has 1 N–H and O–H groups in total. The summed E-state index contributed by atoms with van der Waals surface area (Å²) in [5, 5.41) is 2.48. The van der Waals surface area contributed by atoms with Crippen LogP contribution in [0.15, 0.2) is 6.07 Å². The molecule has 1 aromatic carbocycles. The molecule has 0 bridgehead atoms. The summed E-state index contributed by atoms with van der Waals surface area (Å²) < 4.78 is 38.3. The molecule has 0 spiro atoms. The van der Waals surface area contributed by atoms with Crippen molar-refractivity contribution in [1.29, 1.82) is 0 Å². The Hall–Kier alpha value is -1.36. The molecular formula is C13H19F2NO2. The van der Waals surface area contributed by atoms with Crippen LogP contribution in [0.1, 0.15) is 16.7 Å². The number of ether oxygens (including phenoxy) is 2. The molecule has 0 saturated carbocycles. The summed E-state index contributed by atoms with van der Waals surface area (Å²) in [5.74, 6) is -2.35.